The standard InChI is InChI=1S/C11H19ClN2O/c1-8(2)13-6-9(3)14-7-10-4-5-11(12)15-10/h4-5,8-9,13-14H,6-7H2,1-3H3. The van der Waals surface area contributed by atoms with Gasteiger partial charge in [-0.1, -0.05) is 13.8 Å². The van der Waals surface area contributed by atoms with E-state index in [1.165, 1.54) is 0 Å². The van der Waals surface area contributed by atoms with Gasteiger partial charge in [-0.05, 0) is 30.7 Å². The lowest BCUT2D eigenvalue weighted by Crippen LogP contribution is -2.38. The predicted molar refractivity (Wildman–Crippen MR) is 63.2 cm³/mol. The molecule has 0 saturated carbocycles. The van der Waals surface area contributed by atoms with Crippen molar-refractivity contribution in [2.24, 2.45) is 0 Å². The normalized spacial score (nSPS) is 13.4. The van der Waals surface area contributed by atoms with Gasteiger partial charge in [-0.2, -0.15) is 0 Å². The van der Waals surface area contributed by atoms with Crippen LogP contribution < -0.4 is 10.6 Å². The van der Waals surface area contributed by atoms with Crippen LogP contribution in [0.3, 0.4) is 0 Å². The van der Waals surface area contributed by atoms with Crippen molar-refractivity contribution in [1.82, 2.24) is 10.6 Å². The molecule has 1 atom stereocenters. The van der Waals surface area contributed by atoms with Crippen molar-refractivity contribution in [2.45, 2.75) is 39.4 Å². The molecular formula is C11H19ClN2O. The molecule has 0 aliphatic heterocycles. The monoisotopic (exact) mass is 230 g/mol. The largest absolute Gasteiger partial charge is 0.448 e. The summed E-state index contributed by atoms with van der Waals surface area (Å²) in [5, 5.41) is 7.16. The number of rotatable bonds is 6. The molecule has 0 radical (unpaired) electrons. The summed E-state index contributed by atoms with van der Waals surface area (Å²) in [6, 6.07) is 4.58. The SMILES string of the molecule is CC(C)NCC(C)NCc1ccc(Cl)o1. The van der Waals surface area contributed by atoms with Crippen LogP contribution in [0.1, 0.15) is 26.5 Å². The first-order chi connectivity index (χ1) is 7.08. The summed E-state index contributed by atoms with van der Waals surface area (Å²) >= 11 is 5.67. The van der Waals surface area contributed by atoms with Gasteiger partial charge in [-0.3, -0.25) is 0 Å². The van der Waals surface area contributed by atoms with Gasteiger partial charge in [0.05, 0.1) is 6.54 Å². The Hall–Kier alpha value is -0.510. The molecule has 0 aliphatic carbocycles. The summed E-state index contributed by atoms with van der Waals surface area (Å²) in [5.74, 6) is 0.872. The average Bonchev–Trinajstić information content (AvgIpc) is 2.58. The highest BCUT2D eigenvalue weighted by atomic mass is 35.5. The Kier molecular flexibility index (Phi) is 5.15. The van der Waals surface area contributed by atoms with Gasteiger partial charge in [-0.25, -0.2) is 0 Å². The van der Waals surface area contributed by atoms with Gasteiger partial charge in [-0.15, -0.1) is 0 Å². The van der Waals surface area contributed by atoms with Crippen LogP contribution in [0.5, 0.6) is 0 Å². The van der Waals surface area contributed by atoms with Crippen molar-refractivity contribution in [2.75, 3.05) is 6.54 Å². The zero-order chi connectivity index (χ0) is 11.3. The fourth-order valence-electron chi connectivity index (χ4n) is 1.21. The lowest BCUT2D eigenvalue weighted by Gasteiger charge is -2.15. The molecule has 3 nitrogen and oxygen atoms in total. The zero-order valence-electron chi connectivity index (χ0n) is 9.51. The second-order valence-electron chi connectivity index (χ2n) is 4.05. The molecule has 1 unspecified atom stereocenters. The Morgan fingerprint density at radius 2 is 2.00 bits per heavy atom. The number of furan rings is 1. The Bertz CT molecular complexity index is 286. The van der Waals surface area contributed by atoms with E-state index in [9.17, 15) is 0 Å². The van der Waals surface area contributed by atoms with E-state index in [0.717, 1.165) is 12.3 Å². The first kappa shape index (κ1) is 12.6. The van der Waals surface area contributed by atoms with Crippen LogP contribution >= 0.6 is 11.6 Å². The third-order valence-corrected chi connectivity index (χ3v) is 2.29. The summed E-state index contributed by atoms with van der Waals surface area (Å²) < 4.78 is 5.24. The summed E-state index contributed by atoms with van der Waals surface area (Å²) in [4.78, 5) is 0. The maximum atomic E-state index is 5.67. The first-order valence-corrected chi connectivity index (χ1v) is 5.66. The van der Waals surface area contributed by atoms with Crippen molar-refractivity contribution in [3.63, 3.8) is 0 Å². The van der Waals surface area contributed by atoms with Gasteiger partial charge in [0.15, 0.2) is 5.22 Å². The molecular weight excluding hydrogens is 212 g/mol. The average molecular weight is 231 g/mol. The van der Waals surface area contributed by atoms with E-state index in [-0.39, 0.29) is 0 Å². The Labute approximate surface area is 96.2 Å². The third kappa shape index (κ3) is 5.21. The van der Waals surface area contributed by atoms with E-state index in [4.69, 9.17) is 16.0 Å². The molecule has 0 bridgehead atoms. The first-order valence-electron chi connectivity index (χ1n) is 5.29. The van der Waals surface area contributed by atoms with Gasteiger partial charge >= 0.3 is 0 Å². The molecule has 1 aromatic heterocycles. The van der Waals surface area contributed by atoms with Crippen LogP contribution in [0.2, 0.25) is 5.22 Å². The molecule has 0 spiro atoms. The van der Waals surface area contributed by atoms with Crippen LogP contribution in [0.4, 0.5) is 0 Å². The maximum Gasteiger partial charge on any atom is 0.193 e. The quantitative estimate of drug-likeness (QED) is 0.788. The fraction of sp³-hybridized carbons (Fsp3) is 0.636. The van der Waals surface area contributed by atoms with E-state index < -0.39 is 0 Å². The van der Waals surface area contributed by atoms with E-state index in [0.29, 0.717) is 23.8 Å². The molecule has 15 heavy (non-hydrogen) atoms. The van der Waals surface area contributed by atoms with Crippen LogP contribution in [0.15, 0.2) is 16.5 Å². The molecule has 1 heterocycles. The second kappa shape index (κ2) is 6.16. The number of nitrogens with one attached hydrogen (secondary N) is 2. The number of hydrogen-bond donors (Lipinski definition) is 2. The van der Waals surface area contributed by atoms with Crippen LogP contribution in [-0.4, -0.2) is 18.6 Å². The fourth-order valence-corrected chi connectivity index (χ4v) is 1.37. The maximum absolute atomic E-state index is 5.67. The molecule has 1 rings (SSSR count). The topological polar surface area (TPSA) is 37.2 Å². The minimum Gasteiger partial charge on any atom is -0.448 e. The van der Waals surface area contributed by atoms with Crippen LogP contribution in [0, 0.1) is 0 Å². The summed E-state index contributed by atoms with van der Waals surface area (Å²) in [7, 11) is 0. The van der Waals surface area contributed by atoms with Gasteiger partial charge in [0.25, 0.3) is 0 Å². The van der Waals surface area contributed by atoms with Gasteiger partial charge < -0.3 is 15.1 Å². The highest BCUT2D eigenvalue weighted by Crippen LogP contribution is 2.12. The number of halogens is 1. The molecule has 0 amide bonds. The lowest BCUT2D eigenvalue weighted by molar-refractivity contribution is 0.432. The smallest absolute Gasteiger partial charge is 0.193 e. The molecule has 0 aliphatic rings. The Balaban J connectivity index is 2.19. The van der Waals surface area contributed by atoms with Gasteiger partial charge in [0.1, 0.15) is 5.76 Å². The van der Waals surface area contributed by atoms with Crippen LogP contribution in [0.25, 0.3) is 0 Å². The van der Waals surface area contributed by atoms with E-state index in [1.54, 1.807) is 6.07 Å². The van der Waals surface area contributed by atoms with Gasteiger partial charge in [0, 0.05) is 18.6 Å². The highest BCUT2D eigenvalue weighted by Gasteiger charge is 2.04. The molecule has 0 saturated heterocycles. The number of hydrogen-bond acceptors (Lipinski definition) is 3. The summed E-state index contributed by atoms with van der Waals surface area (Å²) in [6.45, 7) is 8.08. The van der Waals surface area contributed by atoms with Crippen molar-refractivity contribution < 1.29 is 4.42 Å². The summed E-state index contributed by atoms with van der Waals surface area (Å²) in [6.07, 6.45) is 0. The van der Waals surface area contributed by atoms with E-state index >= 15 is 0 Å². The molecule has 0 aromatic carbocycles. The van der Waals surface area contributed by atoms with E-state index in [1.807, 2.05) is 6.07 Å². The van der Waals surface area contributed by atoms with E-state index in [2.05, 4.69) is 31.4 Å². The van der Waals surface area contributed by atoms with Gasteiger partial charge in [0.2, 0.25) is 0 Å². The highest BCUT2D eigenvalue weighted by molar-refractivity contribution is 6.28. The summed E-state index contributed by atoms with van der Waals surface area (Å²) in [5.41, 5.74) is 0. The molecule has 86 valence electrons. The molecule has 2 N–H and O–H groups in total. The Morgan fingerprint density at radius 3 is 2.53 bits per heavy atom. The minimum atomic E-state index is 0.413. The van der Waals surface area contributed by atoms with Crippen molar-refractivity contribution in [1.29, 1.82) is 0 Å². The molecule has 1 aromatic rings. The molecule has 0 fully saturated rings. The lowest BCUT2D eigenvalue weighted by atomic mass is 10.3. The molecule has 4 heteroatoms. The van der Waals surface area contributed by atoms with Crippen molar-refractivity contribution in [3.05, 3.63) is 23.1 Å². The minimum absolute atomic E-state index is 0.413. The predicted octanol–water partition coefficient (Wildman–Crippen LogP) is 2.41. The zero-order valence-corrected chi connectivity index (χ0v) is 10.3. The Morgan fingerprint density at radius 1 is 1.27 bits per heavy atom. The third-order valence-electron chi connectivity index (χ3n) is 2.09. The van der Waals surface area contributed by atoms with Crippen molar-refractivity contribution >= 4 is 11.6 Å². The van der Waals surface area contributed by atoms with Crippen LogP contribution in [-0.2, 0) is 6.54 Å². The second-order valence-corrected chi connectivity index (χ2v) is 4.42. The van der Waals surface area contributed by atoms with Crippen molar-refractivity contribution in [3.8, 4) is 0 Å².